The Kier molecular flexibility index (Phi) is 4.88. The molecule has 0 saturated carbocycles. The van der Waals surface area contributed by atoms with Crippen molar-refractivity contribution in [2.45, 2.75) is 25.0 Å². The molecule has 0 spiro atoms. The van der Waals surface area contributed by atoms with E-state index in [1.807, 2.05) is 11.8 Å². The Balaban J connectivity index is 1.88. The highest BCUT2D eigenvalue weighted by Crippen LogP contribution is 2.31. The van der Waals surface area contributed by atoms with Gasteiger partial charge in [0.1, 0.15) is 0 Å². The van der Waals surface area contributed by atoms with Gasteiger partial charge in [-0.15, -0.1) is 11.3 Å². The fourth-order valence-corrected chi connectivity index (χ4v) is 4.11. The first-order valence-electron chi connectivity index (χ1n) is 5.99. The van der Waals surface area contributed by atoms with Crippen molar-refractivity contribution in [1.82, 2.24) is 5.32 Å². The monoisotopic (exact) mass is 270 g/mol. The standard InChI is InChI=1S/C12H18N2OS2/c13-4-1-2-5-14-12(15)11-7-9-8-16-6-3-10(9)17-11/h7H,1-6,8,13H2,(H,14,15). The van der Waals surface area contributed by atoms with Crippen LogP contribution < -0.4 is 11.1 Å². The van der Waals surface area contributed by atoms with Gasteiger partial charge in [0.25, 0.3) is 5.91 Å². The molecule has 0 atom stereocenters. The summed E-state index contributed by atoms with van der Waals surface area (Å²) in [5, 5.41) is 2.95. The smallest absolute Gasteiger partial charge is 0.261 e. The Labute approximate surface area is 110 Å². The van der Waals surface area contributed by atoms with Crippen LogP contribution in [0.1, 0.15) is 33.0 Å². The number of hydrogen-bond acceptors (Lipinski definition) is 4. The zero-order valence-corrected chi connectivity index (χ0v) is 11.5. The highest BCUT2D eigenvalue weighted by Gasteiger charge is 2.16. The van der Waals surface area contributed by atoms with E-state index < -0.39 is 0 Å². The minimum atomic E-state index is 0.0754. The Bertz CT molecular complexity index is 366. The molecule has 2 heterocycles. The van der Waals surface area contributed by atoms with Crippen LogP contribution in [0.4, 0.5) is 0 Å². The molecule has 0 aromatic carbocycles. The van der Waals surface area contributed by atoms with Gasteiger partial charge in [-0.3, -0.25) is 4.79 Å². The molecule has 3 nitrogen and oxygen atoms in total. The third-order valence-electron chi connectivity index (χ3n) is 2.77. The molecule has 0 unspecified atom stereocenters. The second kappa shape index (κ2) is 6.42. The van der Waals surface area contributed by atoms with E-state index in [2.05, 4.69) is 11.4 Å². The molecule has 2 rings (SSSR count). The summed E-state index contributed by atoms with van der Waals surface area (Å²) in [5.41, 5.74) is 6.77. The van der Waals surface area contributed by atoms with E-state index in [0.717, 1.165) is 36.4 Å². The van der Waals surface area contributed by atoms with Gasteiger partial charge in [0.15, 0.2) is 0 Å². The molecule has 0 bridgehead atoms. The molecule has 1 amide bonds. The fourth-order valence-electron chi connectivity index (χ4n) is 1.82. The molecule has 17 heavy (non-hydrogen) atoms. The van der Waals surface area contributed by atoms with E-state index in [4.69, 9.17) is 5.73 Å². The van der Waals surface area contributed by atoms with Gasteiger partial charge in [-0.25, -0.2) is 0 Å². The van der Waals surface area contributed by atoms with Crippen molar-refractivity contribution < 1.29 is 4.79 Å². The summed E-state index contributed by atoms with van der Waals surface area (Å²) in [6, 6.07) is 2.06. The lowest BCUT2D eigenvalue weighted by molar-refractivity contribution is 0.0957. The summed E-state index contributed by atoms with van der Waals surface area (Å²) >= 11 is 3.61. The first-order valence-corrected chi connectivity index (χ1v) is 7.96. The maximum absolute atomic E-state index is 11.9. The van der Waals surface area contributed by atoms with Crippen LogP contribution in [0, 0.1) is 0 Å². The lowest BCUT2D eigenvalue weighted by Crippen LogP contribution is -2.24. The molecule has 5 heteroatoms. The van der Waals surface area contributed by atoms with Crippen molar-refractivity contribution in [3.8, 4) is 0 Å². The van der Waals surface area contributed by atoms with Gasteiger partial charge in [-0.05, 0) is 43.2 Å². The summed E-state index contributed by atoms with van der Waals surface area (Å²) in [4.78, 5) is 14.2. The number of hydrogen-bond donors (Lipinski definition) is 2. The molecule has 0 aliphatic carbocycles. The largest absolute Gasteiger partial charge is 0.351 e. The van der Waals surface area contributed by atoms with Crippen molar-refractivity contribution in [2.24, 2.45) is 5.73 Å². The third kappa shape index (κ3) is 3.47. The number of amides is 1. The zero-order valence-electron chi connectivity index (χ0n) is 9.83. The summed E-state index contributed by atoms with van der Waals surface area (Å²) in [6.45, 7) is 1.42. The van der Waals surface area contributed by atoms with Gasteiger partial charge in [0.2, 0.25) is 0 Å². The number of thiophene rings is 1. The first-order chi connectivity index (χ1) is 8.31. The number of carbonyl (C=O) groups excluding carboxylic acids is 1. The maximum Gasteiger partial charge on any atom is 0.261 e. The Hall–Kier alpha value is -0.520. The number of fused-ring (bicyclic) bond motifs is 1. The van der Waals surface area contributed by atoms with E-state index in [9.17, 15) is 4.79 Å². The quantitative estimate of drug-likeness (QED) is 0.805. The van der Waals surface area contributed by atoms with Crippen LogP contribution in [-0.2, 0) is 12.2 Å². The predicted octanol–water partition coefficient (Wildman–Crippen LogP) is 2.01. The van der Waals surface area contributed by atoms with Crippen molar-refractivity contribution in [1.29, 1.82) is 0 Å². The molecule has 1 aliphatic heterocycles. The maximum atomic E-state index is 11.9. The van der Waals surface area contributed by atoms with Gasteiger partial charge < -0.3 is 11.1 Å². The average Bonchev–Trinajstić information content (AvgIpc) is 2.78. The molecular formula is C12H18N2OS2. The van der Waals surface area contributed by atoms with Crippen molar-refractivity contribution in [2.75, 3.05) is 18.8 Å². The number of rotatable bonds is 5. The Morgan fingerprint density at radius 1 is 1.47 bits per heavy atom. The van der Waals surface area contributed by atoms with Gasteiger partial charge in [-0.2, -0.15) is 11.8 Å². The van der Waals surface area contributed by atoms with Crippen LogP contribution in [0.5, 0.6) is 0 Å². The molecule has 0 fully saturated rings. The number of aryl methyl sites for hydroxylation is 1. The Morgan fingerprint density at radius 2 is 2.35 bits per heavy atom. The van der Waals surface area contributed by atoms with Crippen molar-refractivity contribution in [3.05, 3.63) is 21.4 Å². The van der Waals surface area contributed by atoms with Crippen LogP contribution in [-0.4, -0.2) is 24.7 Å². The summed E-state index contributed by atoms with van der Waals surface area (Å²) in [5.74, 6) is 2.32. The molecule has 0 radical (unpaired) electrons. The highest BCUT2D eigenvalue weighted by molar-refractivity contribution is 7.98. The third-order valence-corrected chi connectivity index (χ3v) is 5.01. The summed E-state index contributed by atoms with van der Waals surface area (Å²) in [7, 11) is 0. The van der Waals surface area contributed by atoms with Gasteiger partial charge in [-0.1, -0.05) is 0 Å². The van der Waals surface area contributed by atoms with E-state index in [0.29, 0.717) is 6.54 Å². The number of unbranched alkanes of at least 4 members (excludes halogenated alkanes) is 1. The van der Waals surface area contributed by atoms with Crippen LogP contribution >= 0.6 is 23.1 Å². The number of carbonyl (C=O) groups is 1. The summed E-state index contributed by atoms with van der Waals surface area (Å²) in [6.07, 6.45) is 3.05. The minimum absolute atomic E-state index is 0.0754. The van der Waals surface area contributed by atoms with Crippen molar-refractivity contribution in [3.63, 3.8) is 0 Å². The number of nitrogens with two attached hydrogens (primary N) is 1. The SMILES string of the molecule is NCCCCNC(=O)c1cc2c(s1)CCSC2. The lowest BCUT2D eigenvalue weighted by Gasteiger charge is -2.08. The number of thioether (sulfide) groups is 1. The molecule has 94 valence electrons. The van der Waals surface area contributed by atoms with E-state index >= 15 is 0 Å². The first kappa shape index (κ1) is 12.9. The number of nitrogens with one attached hydrogen (secondary N) is 1. The van der Waals surface area contributed by atoms with Gasteiger partial charge >= 0.3 is 0 Å². The molecule has 0 saturated heterocycles. The fraction of sp³-hybridized carbons (Fsp3) is 0.583. The highest BCUT2D eigenvalue weighted by atomic mass is 32.2. The van der Waals surface area contributed by atoms with E-state index in [-0.39, 0.29) is 5.91 Å². The normalized spacial score (nSPS) is 14.4. The predicted molar refractivity (Wildman–Crippen MR) is 74.8 cm³/mol. The molecule has 1 aromatic heterocycles. The van der Waals surface area contributed by atoms with Crippen molar-refractivity contribution >= 4 is 29.0 Å². The van der Waals surface area contributed by atoms with Gasteiger partial charge in [0, 0.05) is 17.2 Å². The van der Waals surface area contributed by atoms with Crippen LogP contribution in [0.15, 0.2) is 6.07 Å². The van der Waals surface area contributed by atoms with Crippen LogP contribution in [0.2, 0.25) is 0 Å². The lowest BCUT2D eigenvalue weighted by atomic mass is 10.2. The summed E-state index contributed by atoms with van der Waals surface area (Å²) < 4.78 is 0. The molecule has 1 aliphatic rings. The average molecular weight is 270 g/mol. The molecular weight excluding hydrogens is 252 g/mol. The van der Waals surface area contributed by atoms with Crippen LogP contribution in [0.25, 0.3) is 0 Å². The second-order valence-corrected chi connectivity index (χ2v) is 6.36. The Morgan fingerprint density at radius 3 is 3.12 bits per heavy atom. The van der Waals surface area contributed by atoms with E-state index in [1.54, 1.807) is 11.3 Å². The zero-order chi connectivity index (χ0) is 12.1. The molecule has 3 N–H and O–H groups in total. The van der Waals surface area contributed by atoms with E-state index in [1.165, 1.54) is 16.2 Å². The minimum Gasteiger partial charge on any atom is -0.351 e. The van der Waals surface area contributed by atoms with Gasteiger partial charge in [0.05, 0.1) is 4.88 Å². The van der Waals surface area contributed by atoms with Crippen LogP contribution in [0.3, 0.4) is 0 Å². The second-order valence-electron chi connectivity index (χ2n) is 4.11. The molecule has 1 aromatic rings. The topological polar surface area (TPSA) is 55.1 Å².